The Kier molecular flexibility index (Phi) is 10.4. The van der Waals surface area contributed by atoms with Gasteiger partial charge in [0.1, 0.15) is 6.04 Å². The van der Waals surface area contributed by atoms with Crippen molar-refractivity contribution in [2.45, 2.75) is 38.8 Å². The van der Waals surface area contributed by atoms with E-state index in [9.17, 15) is 14.7 Å². The third kappa shape index (κ3) is 7.59. The van der Waals surface area contributed by atoms with Gasteiger partial charge in [0.05, 0.1) is 12.6 Å². The average molecular weight is 536 g/mol. The second-order valence-electron chi connectivity index (χ2n) is 9.61. The van der Waals surface area contributed by atoms with E-state index in [2.05, 4.69) is 29.4 Å². The molecule has 1 saturated heterocycles. The molecule has 9 heteroatoms. The van der Waals surface area contributed by atoms with Crippen LogP contribution < -0.4 is 15.5 Å². The highest BCUT2D eigenvalue weighted by atomic mass is 35.5. The largest absolute Gasteiger partial charge is 0.388 e. The van der Waals surface area contributed by atoms with Crippen molar-refractivity contribution in [3.63, 3.8) is 0 Å². The Morgan fingerprint density at radius 3 is 2.39 bits per heavy atom. The number of piperazine rings is 1. The molecule has 36 heavy (non-hydrogen) atoms. The first-order valence-corrected chi connectivity index (χ1v) is 13.1. The topological polar surface area (TPSA) is 84.9 Å². The normalized spacial score (nSPS) is 15.6. The molecular formula is C27H36Cl2N4O3. The van der Waals surface area contributed by atoms with E-state index in [1.165, 1.54) is 0 Å². The van der Waals surface area contributed by atoms with Gasteiger partial charge in [-0.05, 0) is 43.1 Å². The van der Waals surface area contributed by atoms with E-state index in [-0.39, 0.29) is 24.8 Å². The zero-order chi connectivity index (χ0) is 26.2. The van der Waals surface area contributed by atoms with Gasteiger partial charge in [-0.25, -0.2) is 0 Å². The molecule has 0 aliphatic carbocycles. The summed E-state index contributed by atoms with van der Waals surface area (Å²) in [4.78, 5) is 29.9. The summed E-state index contributed by atoms with van der Waals surface area (Å²) in [5.74, 6) is -0.0161. The zero-order valence-corrected chi connectivity index (χ0v) is 22.6. The lowest BCUT2D eigenvalue weighted by Gasteiger charge is -2.39. The van der Waals surface area contributed by atoms with E-state index >= 15 is 0 Å². The van der Waals surface area contributed by atoms with Gasteiger partial charge in [-0.1, -0.05) is 61.3 Å². The SMILES string of the molecule is CNCC(=O)N[C@H](Cc1ccc(Cl)cc1Cl)C(=O)N1CCN(c2ccccc2C(O)CC(C)C)CC1. The molecule has 1 unspecified atom stereocenters. The minimum atomic E-state index is -0.740. The Bertz CT molecular complexity index is 1040. The third-order valence-corrected chi connectivity index (χ3v) is 6.92. The lowest BCUT2D eigenvalue weighted by atomic mass is 9.97. The summed E-state index contributed by atoms with van der Waals surface area (Å²) in [5, 5.41) is 17.4. The van der Waals surface area contributed by atoms with E-state index in [1.807, 2.05) is 24.3 Å². The van der Waals surface area contributed by atoms with Gasteiger partial charge in [-0.15, -0.1) is 0 Å². The Hall–Kier alpha value is -2.32. The fourth-order valence-corrected chi connectivity index (χ4v) is 5.02. The first-order chi connectivity index (χ1) is 17.2. The molecule has 2 atom stereocenters. The van der Waals surface area contributed by atoms with Crippen molar-refractivity contribution in [2.75, 3.05) is 44.7 Å². The number of aliphatic hydroxyl groups is 1. The number of nitrogens with zero attached hydrogens (tertiary/aromatic N) is 2. The van der Waals surface area contributed by atoms with Crippen LogP contribution in [0.3, 0.4) is 0 Å². The number of amides is 2. The van der Waals surface area contributed by atoms with Crippen molar-refractivity contribution in [3.05, 3.63) is 63.6 Å². The van der Waals surface area contributed by atoms with Crippen molar-refractivity contribution < 1.29 is 14.7 Å². The number of nitrogens with one attached hydrogen (secondary N) is 2. The van der Waals surface area contributed by atoms with Gasteiger partial charge in [-0.2, -0.15) is 0 Å². The van der Waals surface area contributed by atoms with Gasteiger partial charge in [0.25, 0.3) is 0 Å². The molecule has 1 heterocycles. The molecule has 3 rings (SSSR count). The number of benzene rings is 2. The monoisotopic (exact) mass is 534 g/mol. The number of halogens is 2. The number of para-hydroxylation sites is 1. The minimum absolute atomic E-state index is 0.112. The highest BCUT2D eigenvalue weighted by Crippen LogP contribution is 2.31. The zero-order valence-electron chi connectivity index (χ0n) is 21.1. The number of likely N-dealkylation sites (N-methyl/N-ethyl adjacent to an activating group) is 1. The number of aliphatic hydroxyl groups excluding tert-OH is 1. The summed E-state index contributed by atoms with van der Waals surface area (Å²) < 4.78 is 0. The van der Waals surface area contributed by atoms with Crippen LogP contribution in [-0.4, -0.2) is 67.6 Å². The summed E-state index contributed by atoms with van der Waals surface area (Å²) >= 11 is 12.4. The van der Waals surface area contributed by atoms with Crippen LogP contribution in [0, 0.1) is 5.92 Å². The molecule has 3 N–H and O–H groups in total. The van der Waals surface area contributed by atoms with Crippen molar-refractivity contribution >= 4 is 40.7 Å². The molecule has 0 saturated carbocycles. The van der Waals surface area contributed by atoms with Gasteiger partial charge in [0.15, 0.2) is 0 Å². The van der Waals surface area contributed by atoms with E-state index in [0.29, 0.717) is 48.6 Å². The van der Waals surface area contributed by atoms with Crippen molar-refractivity contribution in [3.8, 4) is 0 Å². The van der Waals surface area contributed by atoms with Crippen molar-refractivity contribution in [2.24, 2.45) is 5.92 Å². The fraction of sp³-hybridized carbons (Fsp3) is 0.481. The number of anilines is 1. The molecule has 7 nitrogen and oxygen atoms in total. The Morgan fingerprint density at radius 1 is 1.06 bits per heavy atom. The highest BCUT2D eigenvalue weighted by Gasteiger charge is 2.30. The second-order valence-corrected chi connectivity index (χ2v) is 10.5. The molecule has 0 bridgehead atoms. The molecule has 196 valence electrons. The van der Waals surface area contributed by atoms with Gasteiger partial charge in [0, 0.05) is 53.9 Å². The average Bonchev–Trinajstić information content (AvgIpc) is 2.84. The number of carbonyl (C=O) groups excluding carboxylic acids is 2. The maximum atomic E-state index is 13.5. The van der Waals surface area contributed by atoms with Gasteiger partial charge >= 0.3 is 0 Å². The van der Waals surface area contributed by atoms with Crippen molar-refractivity contribution in [1.29, 1.82) is 0 Å². The van der Waals surface area contributed by atoms with E-state index in [0.717, 1.165) is 16.8 Å². The third-order valence-electron chi connectivity index (χ3n) is 6.33. The molecule has 1 fully saturated rings. The summed E-state index contributed by atoms with van der Waals surface area (Å²) in [5.41, 5.74) is 2.67. The minimum Gasteiger partial charge on any atom is -0.388 e. The lowest BCUT2D eigenvalue weighted by molar-refractivity contribution is -0.136. The molecule has 0 radical (unpaired) electrons. The maximum absolute atomic E-state index is 13.5. The van der Waals surface area contributed by atoms with Crippen LogP contribution in [0.5, 0.6) is 0 Å². The van der Waals surface area contributed by atoms with E-state index in [4.69, 9.17) is 23.2 Å². The molecule has 2 amide bonds. The summed E-state index contributed by atoms with van der Waals surface area (Å²) in [6, 6.07) is 12.3. The van der Waals surface area contributed by atoms with Crippen LogP contribution in [0.1, 0.15) is 37.5 Å². The quantitative estimate of drug-likeness (QED) is 0.433. The fourth-order valence-electron chi connectivity index (χ4n) is 4.53. The van der Waals surface area contributed by atoms with Crippen LogP contribution in [0.2, 0.25) is 10.0 Å². The van der Waals surface area contributed by atoms with Crippen molar-refractivity contribution in [1.82, 2.24) is 15.5 Å². The van der Waals surface area contributed by atoms with Crippen LogP contribution in [0.25, 0.3) is 0 Å². The molecule has 0 spiro atoms. The summed E-state index contributed by atoms with van der Waals surface area (Å²) in [6.07, 6.45) is 0.433. The summed E-state index contributed by atoms with van der Waals surface area (Å²) in [6.45, 7) is 6.60. The standard InChI is InChI=1S/C27H36Cl2N4O3/c1-18(2)14-25(34)21-6-4-5-7-24(21)32-10-12-33(13-11-32)27(36)23(31-26(35)17-30-3)15-19-8-9-20(28)16-22(19)29/h4-9,16,18,23,25,30,34H,10-15,17H2,1-3H3,(H,31,35)/t23-,25?/m1/s1. The van der Waals surface area contributed by atoms with Gasteiger partial charge in [0.2, 0.25) is 11.8 Å². The first-order valence-electron chi connectivity index (χ1n) is 12.4. The van der Waals surface area contributed by atoms with Gasteiger partial charge < -0.3 is 25.5 Å². The predicted octanol–water partition coefficient (Wildman–Crippen LogP) is 3.67. The second kappa shape index (κ2) is 13.3. The van der Waals surface area contributed by atoms with E-state index < -0.39 is 12.1 Å². The number of hydrogen-bond acceptors (Lipinski definition) is 5. The highest BCUT2D eigenvalue weighted by molar-refractivity contribution is 6.35. The van der Waals surface area contributed by atoms with Crippen LogP contribution in [0.15, 0.2) is 42.5 Å². The molecule has 1 aliphatic rings. The van der Waals surface area contributed by atoms with E-state index in [1.54, 1.807) is 30.1 Å². The molecule has 1 aliphatic heterocycles. The van der Waals surface area contributed by atoms with Gasteiger partial charge in [-0.3, -0.25) is 9.59 Å². The smallest absolute Gasteiger partial charge is 0.245 e. The number of hydrogen-bond donors (Lipinski definition) is 3. The van der Waals surface area contributed by atoms with Crippen LogP contribution in [-0.2, 0) is 16.0 Å². The Balaban J connectivity index is 1.71. The molecule has 0 aromatic heterocycles. The summed E-state index contributed by atoms with van der Waals surface area (Å²) in [7, 11) is 1.68. The maximum Gasteiger partial charge on any atom is 0.245 e. The predicted molar refractivity (Wildman–Crippen MR) is 146 cm³/mol. The molecule has 2 aromatic carbocycles. The first kappa shape index (κ1) is 28.3. The number of rotatable bonds is 10. The lowest BCUT2D eigenvalue weighted by Crippen LogP contribution is -2.56. The molecular weight excluding hydrogens is 499 g/mol. The Labute approximate surface area is 223 Å². The number of carbonyl (C=O) groups is 2. The Morgan fingerprint density at radius 2 is 1.75 bits per heavy atom. The molecule has 2 aromatic rings. The van der Waals surface area contributed by atoms with Crippen LogP contribution in [0.4, 0.5) is 5.69 Å². The van der Waals surface area contributed by atoms with Crippen LogP contribution >= 0.6 is 23.2 Å².